The van der Waals surface area contributed by atoms with Crippen LogP contribution in [-0.4, -0.2) is 26.7 Å². The highest BCUT2D eigenvalue weighted by molar-refractivity contribution is 5.07. The Labute approximate surface area is 62.7 Å². The topological polar surface area (TPSA) is 24.1 Å². The Morgan fingerprint density at radius 3 is 3.20 bits per heavy atom. The van der Waals surface area contributed by atoms with Gasteiger partial charge in [0.25, 0.3) is 0 Å². The summed E-state index contributed by atoms with van der Waals surface area (Å²) in [6, 6.07) is 0. The van der Waals surface area contributed by atoms with E-state index < -0.39 is 0 Å². The van der Waals surface area contributed by atoms with Gasteiger partial charge in [0.2, 0.25) is 0 Å². The summed E-state index contributed by atoms with van der Waals surface area (Å²) in [7, 11) is 2.00. The van der Waals surface area contributed by atoms with Crippen LogP contribution in [0, 0.1) is 0 Å². The van der Waals surface area contributed by atoms with E-state index in [9.17, 15) is 0 Å². The maximum Gasteiger partial charge on any atom is 0.0165 e. The van der Waals surface area contributed by atoms with Crippen LogP contribution in [0.1, 0.15) is 12.8 Å². The van der Waals surface area contributed by atoms with Gasteiger partial charge >= 0.3 is 0 Å². The first kappa shape index (κ1) is 7.76. The summed E-state index contributed by atoms with van der Waals surface area (Å²) in [6.45, 7) is 3.36. The fraction of sp³-hybridized carbons (Fsp3) is 0.750. The molecule has 1 aliphatic heterocycles. The molecule has 0 aliphatic carbocycles. The molecule has 0 aromatic rings. The Morgan fingerprint density at radius 2 is 2.60 bits per heavy atom. The predicted octanol–water partition coefficient (Wildman–Crippen LogP) is 0.516. The smallest absolute Gasteiger partial charge is 0.0165 e. The van der Waals surface area contributed by atoms with E-state index in [0.717, 1.165) is 19.6 Å². The van der Waals surface area contributed by atoms with E-state index in [1.165, 1.54) is 12.8 Å². The zero-order valence-corrected chi connectivity index (χ0v) is 6.61. The van der Waals surface area contributed by atoms with Crippen LogP contribution in [-0.2, 0) is 0 Å². The Balaban J connectivity index is 2.18. The highest BCUT2D eigenvalue weighted by atomic mass is 14.9. The molecule has 0 radical (unpaired) electrons. The Hall–Kier alpha value is -0.340. The first-order valence-corrected chi connectivity index (χ1v) is 3.96. The van der Waals surface area contributed by atoms with Gasteiger partial charge in [0.1, 0.15) is 0 Å². The minimum Gasteiger partial charge on any atom is -0.319 e. The van der Waals surface area contributed by atoms with Crippen molar-refractivity contribution in [2.75, 3.05) is 26.7 Å². The molecule has 1 heterocycles. The second-order valence-corrected chi connectivity index (χ2v) is 2.68. The van der Waals surface area contributed by atoms with E-state index in [-0.39, 0.29) is 0 Å². The van der Waals surface area contributed by atoms with Crippen LogP contribution < -0.4 is 10.6 Å². The summed E-state index contributed by atoms with van der Waals surface area (Å²) < 4.78 is 0. The van der Waals surface area contributed by atoms with Crippen LogP contribution in [0.2, 0.25) is 0 Å². The largest absolute Gasteiger partial charge is 0.319 e. The Bertz CT molecular complexity index is 118. The third-order valence-corrected chi connectivity index (χ3v) is 1.80. The van der Waals surface area contributed by atoms with E-state index in [2.05, 4.69) is 16.7 Å². The zero-order chi connectivity index (χ0) is 7.23. The third kappa shape index (κ3) is 2.50. The van der Waals surface area contributed by atoms with Gasteiger partial charge < -0.3 is 10.6 Å². The molecule has 0 saturated heterocycles. The molecule has 1 rings (SSSR count). The molecule has 0 unspecified atom stereocenters. The SMILES string of the molecule is CNCCC1=CCCNC1. The summed E-state index contributed by atoms with van der Waals surface area (Å²) in [5.74, 6) is 0. The lowest BCUT2D eigenvalue weighted by atomic mass is 10.1. The van der Waals surface area contributed by atoms with Crippen LogP contribution in [0.15, 0.2) is 11.6 Å². The molecule has 0 fully saturated rings. The van der Waals surface area contributed by atoms with Gasteiger partial charge in [-0.2, -0.15) is 0 Å². The van der Waals surface area contributed by atoms with E-state index in [1.54, 1.807) is 5.57 Å². The highest BCUT2D eigenvalue weighted by Gasteiger charge is 2.00. The van der Waals surface area contributed by atoms with Gasteiger partial charge in [-0.1, -0.05) is 11.6 Å². The van der Waals surface area contributed by atoms with Crippen molar-refractivity contribution in [1.29, 1.82) is 0 Å². The van der Waals surface area contributed by atoms with Gasteiger partial charge in [0, 0.05) is 6.54 Å². The van der Waals surface area contributed by atoms with E-state index >= 15 is 0 Å². The highest BCUT2D eigenvalue weighted by Crippen LogP contribution is 2.03. The normalized spacial score (nSPS) is 18.7. The molecule has 2 nitrogen and oxygen atoms in total. The molecule has 2 N–H and O–H groups in total. The second kappa shape index (κ2) is 4.47. The summed E-state index contributed by atoms with van der Waals surface area (Å²) >= 11 is 0. The lowest BCUT2D eigenvalue weighted by Crippen LogP contribution is -2.23. The zero-order valence-electron chi connectivity index (χ0n) is 6.61. The Kier molecular flexibility index (Phi) is 3.47. The molecule has 1 aliphatic rings. The third-order valence-electron chi connectivity index (χ3n) is 1.80. The fourth-order valence-corrected chi connectivity index (χ4v) is 1.18. The first-order valence-electron chi connectivity index (χ1n) is 3.96. The molecule has 0 atom stereocenters. The molecular formula is C8H16N2. The van der Waals surface area contributed by atoms with Crippen molar-refractivity contribution in [2.45, 2.75) is 12.8 Å². The minimum absolute atomic E-state index is 1.10. The van der Waals surface area contributed by atoms with Gasteiger partial charge in [0.05, 0.1) is 0 Å². The maximum atomic E-state index is 3.35. The number of hydrogen-bond acceptors (Lipinski definition) is 2. The Morgan fingerprint density at radius 1 is 1.70 bits per heavy atom. The van der Waals surface area contributed by atoms with Crippen LogP contribution in [0.4, 0.5) is 0 Å². The lowest BCUT2D eigenvalue weighted by Gasteiger charge is -2.13. The van der Waals surface area contributed by atoms with Gasteiger partial charge in [-0.25, -0.2) is 0 Å². The first-order chi connectivity index (χ1) is 4.93. The summed E-state index contributed by atoms with van der Waals surface area (Å²) in [6.07, 6.45) is 4.76. The molecule has 2 heteroatoms. The average Bonchev–Trinajstić information content (AvgIpc) is 2.03. The van der Waals surface area contributed by atoms with Crippen LogP contribution in [0.25, 0.3) is 0 Å². The monoisotopic (exact) mass is 140 g/mol. The van der Waals surface area contributed by atoms with Gasteiger partial charge in [-0.3, -0.25) is 0 Å². The van der Waals surface area contributed by atoms with Crippen LogP contribution in [0.3, 0.4) is 0 Å². The maximum absolute atomic E-state index is 3.35. The summed E-state index contributed by atoms with van der Waals surface area (Å²) in [4.78, 5) is 0. The van der Waals surface area contributed by atoms with Gasteiger partial charge in [-0.05, 0) is 33.0 Å². The van der Waals surface area contributed by atoms with Crippen molar-refractivity contribution in [3.05, 3.63) is 11.6 Å². The molecule has 10 heavy (non-hydrogen) atoms. The summed E-state index contributed by atoms with van der Waals surface area (Å²) in [5.41, 5.74) is 1.56. The van der Waals surface area contributed by atoms with Crippen molar-refractivity contribution in [1.82, 2.24) is 10.6 Å². The number of rotatable bonds is 3. The van der Waals surface area contributed by atoms with Crippen molar-refractivity contribution < 1.29 is 0 Å². The number of hydrogen-bond donors (Lipinski definition) is 2. The molecule has 0 saturated carbocycles. The summed E-state index contributed by atoms with van der Waals surface area (Å²) in [5, 5.41) is 6.49. The van der Waals surface area contributed by atoms with E-state index in [0.29, 0.717) is 0 Å². The van der Waals surface area contributed by atoms with Crippen molar-refractivity contribution >= 4 is 0 Å². The number of nitrogens with one attached hydrogen (secondary N) is 2. The van der Waals surface area contributed by atoms with Gasteiger partial charge in [-0.15, -0.1) is 0 Å². The molecule has 0 bridgehead atoms. The average molecular weight is 140 g/mol. The minimum atomic E-state index is 1.10. The van der Waals surface area contributed by atoms with Gasteiger partial charge in [0.15, 0.2) is 0 Å². The van der Waals surface area contributed by atoms with Crippen LogP contribution in [0.5, 0.6) is 0 Å². The van der Waals surface area contributed by atoms with Crippen LogP contribution >= 0.6 is 0 Å². The molecular weight excluding hydrogens is 124 g/mol. The lowest BCUT2D eigenvalue weighted by molar-refractivity contribution is 0.663. The quantitative estimate of drug-likeness (QED) is 0.558. The molecule has 0 spiro atoms. The molecule has 0 aromatic carbocycles. The standard InChI is InChI=1S/C8H16N2/c1-9-6-4-8-3-2-5-10-7-8/h3,9-10H,2,4-7H2,1H3. The predicted molar refractivity (Wildman–Crippen MR) is 44.1 cm³/mol. The van der Waals surface area contributed by atoms with Crippen molar-refractivity contribution in [3.8, 4) is 0 Å². The fourth-order valence-electron chi connectivity index (χ4n) is 1.18. The van der Waals surface area contributed by atoms with E-state index in [1.807, 2.05) is 7.05 Å². The van der Waals surface area contributed by atoms with Crippen molar-refractivity contribution in [3.63, 3.8) is 0 Å². The molecule has 58 valence electrons. The van der Waals surface area contributed by atoms with E-state index in [4.69, 9.17) is 0 Å². The second-order valence-electron chi connectivity index (χ2n) is 2.68. The van der Waals surface area contributed by atoms with Crippen molar-refractivity contribution in [2.24, 2.45) is 0 Å². The molecule has 0 amide bonds. The molecule has 0 aromatic heterocycles.